The van der Waals surface area contributed by atoms with E-state index in [-0.39, 0.29) is 31.5 Å². The summed E-state index contributed by atoms with van der Waals surface area (Å²) in [6.45, 7) is 6.83. The van der Waals surface area contributed by atoms with E-state index >= 15 is 0 Å². The van der Waals surface area contributed by atoms with Crippen LogP contribution in [0.25, 0.3) is 0 Å². The molecule has 0 rings (SSSR count). The van der Waals surface area contributed by atoms with Crippen LogP contribution in [0.1, 0.15) is 342 Å². The number of allylic oxidation sites excluding steroid dienone is 11. The molecule has 1 N–H and O–H groups in total. The quantitative estimate of drug-likeness (QED) is 0.0212. The molecule has 0 radical (unpaired) electrons. The molecule has 0 aliphatic carbocycles. The zero-order valence-electron chi connectivity index (χ0n) is 56.8. The van der Waals surface area contributed by atoms with Crippen molar-refractivity contribution in [1.82, 2.24) is 5.32 Å². The summed E-state index contributed by atoms with van der Waals surface area (Å²) < 4.78 is 30.5. The summed E-state index contributed by atoms with van der Waals surface area (Å²) in [6, 6.07) is -0.893. The molecule has 0 heterocycles. The number of rotatable bonds is 66. The average molecular weight is 1210 g/mol. The molecule has 85 heavy (non-hydrogen) atoms. The van der Waals surface area contributed by atoms with Crippen molar-refractivity contribution in [2.24, 2.45) is 0 Å². The number of likely N-dealkylation sites (N-methyl/N-ethyl adjacent to an activating group) is 1. The fraction of sp³-hybridized carbons (Fsp3) is 0.813. The number of unbranched alkanes of at least 4 members (excludes halogenated alkanes) is 40. The third-order valence-corrected chi connectivity index (χ3v) is 17.1. The van der Waals surface area contributed by atoms with Gasteiger partial charge in [-0.15, -0.1) is 0 Å². The van der Waals surface area contributed by atoms with Crippen molar-refractivity contribution >= 4 is 19.7 Å². The molecule has 10 heteroatoms. The number of esters is 1. The van der Waals surface area contributed by atoms with Crippen LogP contribution in [0.3, 0.4) is 0 Å². The minimum absolute atomic E-state index is 0.0238. The van der Waals surface area contributed by atoms with Gasteiger partial charge in [0.05, 0.1) is 33.8 Å². The van der Waals surface area contributed by atoms with Gasteiger partial charge in [0, 0.05) is 12.8 Å². The van der Waals surface area contributed by atoms with Crippen molar-refractivity contribution in [2.75, 3.05) is 40.9 Å². The number of hydrogen-bond donors (Lipinski definition) is 1. The van der Waals surface area contributed by atoms with Gasteiger partial charge in [0.2, 0.25) is 5.91 Å². The van der Waals surface area contributed by atoms with Gasteiger partial charge in [-0.25, -0.2) is 0 Å². The fourth-order valence-corrected chi connectivity index (χ4v) is 11.2. The van der Waals surface area contributed by atoms with Gasteiger partial charge in [0.25, 0.3) is 7.82 Å². The lowest BCUT2D eigenvalue weighted by molar-refractivity contribution is -0.870. The van der Waals surface area contributed by atoms with Crippen LogP contribution in [-0.4, -0.2) is 69.4 Å². The molecule has 0 aliphatic heterocycles. The SMILES string of the molecule is CCCCC/C=C\C/C=C\C/C=C\CCCCCCCCCCCCCCCCC(=O)NC(COP(=O)([O-])OCC[N+](C)(C)C)C(/C=C\CCCCCCCCCCCCC)OC(=O)CCCCCCCCCCC/C=C\C/C=C\CCCCC. The summed E-state index contributed by atoms with van der Waals surface area (Å²) in [5.41, 5.74) is 0. The van der Waals surface area contributed by atoms with E-state index in [0.717, 1.165) is 83.5 Å². The van der Waals surface area contributed by atoms with E-state index in [1.165, 1.54) is 225 Å². The van der Waals surface area contributed by atoms with Gasteiger partial charge in [-0.2, -0.15) is 0 Å². The summed E-state index contributed by atoms with van der Waals surface area (Å²) in [4.78, 5) is 40.2. The number of ether oxygens (including phenoxy) is 1. The molecule has 0 aromatic rings. The monoisotopic (exact) mass is 1210 g/mol. The molecule has 3 atom stereocenters. The normalized spacial score (nSPS) is 13.9. The minimum atomic E-state index is -4.71. The first-order chi connectivity index (χ1) is 41.4. The number of nitrogens with one attached hydrogen (secondary N) is 1. The van der Waals surface area contributed by atoms with Crippen LogP contribution in [-0.2, 0) is 27.9 Å². The average Bonchev–Trinajstić information content (AvgIpc) is 3.53. The summed E-state index contributed by atoms with van der Waals surface area (Å²) in [7, 11) is 1.19. The van der Waals surface area contributed by atoms with Crippen molar-refractivity contribution in [3.8, 4) is 0 Å². The van der Waals surface area contributed by atoms with Crippen LogP contribution in [0.15, 0.2) is 72.9 Å². The molecule has 3 unspecified atom stereocenters. The first-order valence-corrected chi connectivity index (χ1v) is 37.7. The number of carbonyl (C=O) groups is 2. The van der Waals surface area contributed by atoms with Crippen molar-refractivity contribution in [3.05, 3.63) is 72.9 Å². The molecule has 0 fully saturated rings. The number of quaternary nitrogens is 1. The highest BCUT2D eigenvalue weighted by Gasteiger charge is 2.27. The van der Waals surface area contributed by atoms with Crippen LogP contribution in [0, 0.1) is 0 Å². The summed E-state index contributed by atoms with van der Waals surface area (Å²) >= 11 is 0. The number of phosphoric acid groups is 1. The Morgan fingerprint density at radius 2 is 0.718 bits per heavy atom. The number of hydrogen-bond acceptors (Lipinski definition) is 7. The zero-order valence-corrected chi connectivity index (χ0v) is 57.7. The molecular formula is C75H139N2O7P. The van der Waals surface area contributed by atoms with Gasteiger partial charge in [-0.1, -0.05) is 299 Å². The molecule has 1 amide bonds. The topological polar surface area (TPSA) is 114 Å². The first-order valence-electron chi connectivity index (χ1n) is 36.2. The second-order valence-electron chi connectivity index (χ2n) is 25.7. The lowest BCUT2D eigenvalue weighted by atomic mass is 10.0. The van der Waals surface area contributed by atoms with E-state index in [0.29, 0.717) is 17.4 Å². The maximum absolute atomic E-state index is 13.6. The lowest BCUT2D eigenvalue weighted by Crippen LogP contribution is -2.47. The Labute approximate surface area is 527 Å². The van der Waals surface area contributed by atoms with Crippen molar-refractivity contribution in [2.45, 2.75) is 354 Å². The van der Waals surface area contributed by atoms with Crippen LogP contribution < -0.4 is 10.2 Å². The molecule has 0 aromatic carbocycles. The molecule has 0 bridgehead atoms. The predicted octanol–water partition coefficient (Wildman–Crippen LogP) is 22.5. The van der Waals surface area contributed by atoms with Gasteiger partial charge in [0.1, 0.15) is 19.3 Å². The van der Waals surface area contributed by atoms with E-state index in [9.17, 15) is 19.0 Å². The summed E-state index contributed by atoms with van der Waals surface area (Å²) in [6.07, 6.45) is 84.5. The summed E-state index contributed by atoms with van der Waals surface area (Å²) in [5, 5.41) is 3.05. The highest BCUT2D eigenvalue weighted by molar-refractivity contribution is 7.45. The van der Waals surface area contributed by atoms with Crippen LogP contribution in [0.2, 0.25) is 0 Å². The van der Waals surface area contributed by atoms with Crippen molar-refractivity contribution < 1.29 is 37.3 Å². The van der Waals surface area contributed by atoms with Gasteiger partial charge in [-0.3, -0.25) is 14.2 Å². The molecule has 0 aromatic heterocycles. The van der Waals surface area contributed by atoms with Gasteiger partial charge >= 0.3 is 5.97 Å². The first kappa shape index (κ1) is 82.5. The second-order valence-corrected chi connectivity index (χ2v) is 27.1. The van der Waals surface area contributed by atoms with Crippen molar-refractivity contribution in [1.29, 1.82) is 0 Å². The minimum Gasteiger partial charge on any atom is -0.756 e. The van der Waals surface area contributed by atoms with E-state index in [1.54, 1.807) is 0 Å². The van der Waals surface area contributed by atoms with Crippen LogP contribution >= 0.6 is 7.82 Å². The van der Waals surface area contributed by atoms with Gasteiger partial charge < -0.3 is 28.5 Å². The molecule has 0 saturated heterocycles. The number of amides is 1. The second kappa shape index (κ2) is 64.4. The van der Waals surface area contributed by atoms with E-state index in [1.807, 2.05) is 33.3 Å². The van der Waals surface area contributed by atoms with E-state index in [4.69, 9.17) is 13.8 Å². The largest absolute Gasteiger partial charge is 0.756 e. The zero-order chi connectivity index (χ0) is 62.1. The standard InChI is InChI=1S/C75H139N2O7P/c1-7-10-13-16-19-22-25-28-30-32-34-35-36-37-38-39-40-41-43-44-46-49-52-55-58-61-64-67-74(78)76-72(71-83-85(80,81)82-70-69-77(4,5)6)73(66-63-60-57-54-51-48-27-24-21-18-15-12-9-3)84-75(79)68-65-62-59-56-53-50-47-45-42-33-31-29-26-23-20-17-14-11-8-2/h19-20,22-23,28-31,34-35,63,66,72-73H,7-18,21,24-27,32-33,36-62,64-65,67-71H2,1-6H3,(H-,76,78,80,81)/b22-19-,23-20-,30-28-,31-29-,35-34-,66-63-. The van der Waals surface area contributed by atoms with Crippen molar-refractivity contribution in [3.63, 3.8) is 0 Å². The molecule has 0 aliphatic rings. The highest BCUT2D eigenvalue weighted by Crippen LogP contribution is 2.38. The van der Waals surface area contributed by atoms with Gasteiger partial charge in [-0.05, 0) is 102 Å². The van der Waals surface area contributed by atoms with E-state index < -0.39 is 20.0 Å². The fourth-order valence-electron chi connectivity index (χ4n) is 10.5. The maximum atomic E-state index is 13.6. The Bertz CT molecular complexity index is 1680. The highest BCUT2D eigenvalue weighted by atomic mass is 31.2. The lowest BCUT2D eigenvalue weighted by Gasteiger charge is -2.30. The predicted molar refractivity (Wildman–Crippen MR) is 367 cm³/mol. The Balaban J connectivity index is 5.05. The maximum Gasteiger partial charge on any atom is 0.306 e. The smallest absolute Gasteiger partial charge is 0.306 e. The third-order valence-electron chi connectivity index (χ3n) is 16.1. The molecule has 9 nitrogen and oxygen atoms in total. The number of carbonyl (C=O) groups excluding carboxylic acids is 2. The van der Waals surface area contributed by atoms with Crippen LogP contribution in [0.5, 0.6) is 0 Å². The Morgan fingerprint density at radius 3 is 1.09 bits per heavy atom. The molecule has 0 saturated carbocycles. The van der Waals surface area contributed by atoms with Gasteiger partial charge in [0.15, 0.2) is 0 Å². The molecular weight excluding hydrogens is 1070 g/mol. The van der Waals surface area contributed by atoms with E-state index in [2.05, 4.69) is 86.8 Å². The molecule has 0 spiro atoms. The Morgan fingerprint density at radius 1 is 0.412 bits per heavy atom. The van der Waals surface area contributed by atoms with Crippen LogP contribution in [0.4, 0.5) is 0 Å². The molecule has 496 valence electrons. The Hall–Kier alpha value is -2.55. The third kappa shape index (κ3) is 65.7. The Kier molecular flexibility index (Phi) is 62.5. The number of nitrogens with zero attached hydrogens (tertiary/aromatic N) is 1. The number of phosphoric ester groups is 1. The summed E-state index contributed by atoms with van der Waals surface area (Å²) in [5.74, 6) is -0.536.